The lowest BCUT2D eigenvalue weighted by Gasteiger charge is -2.15. The van der Waals surface area contributed by atoms with Crippen molar-refractivity contribution in [2.75, 3.05) is 0 Å². The second-order valence-electron chi connectivity index (χ2n) is 4.07. The van der Waals surface area contributed by atoms with Gasteiger partial charge in [-0.15, -0.1) is 0 Å². The molecule has 1 atom stereocenters. The van der Waals surface area contributed by atoms with Gasteiger partial charge in [-0.3, -0.25) is 4.68 Å². The van der Waals surface area contributed by atoms with E-state index in [2.05, 4.69) is 12.0 Å². The molecule has 0 spiro atoms. The molecule has 1 aromatic heterocycles. The molecule has 0 aliphatic rings. The van der Waals surface area contributed by atoms with Crippen LogP contribution in [0.1, 0.15) is 30.4 Å². The highest BCUT2D eigenvalue weighted by Gasteiger charge is 2.17. The van der Waals surface area contributed by atoms with Crippen LogP contribution in [0.3, 0.4) is 0 Å². The molecule has 2 nitrogen and oxygen atoms in total. The molecule has 0 unspecified atom stereocenters. The third-order valence-electron chi connectivity index (χ3n) is 2.87. The van der Waals surface area contributed by atoms with Crippen molar-refractivity contribution >= 4 is 11.6 Å². The molecule has 17 heavy (non-hydrogen) atoms. The zero-order valence-electron chi connectivity index (χ0n) is 9.82. The number of aryl methyl sites for hydroxylation is 1. The molecule has 0 aliphatic heterocycles. The Bertz CT molecular complexity index is 522. The van der Waals surface area contributed by atoms with Gasteiger partial charge in [-0.25, -0.2) is 4.39 Å². The maximum Gasteiger partial charge on any atom is 0.124 e. The highest BCUT2D eigenvalue weighted by atomic mass is 35.5. The summed E-state index contributed by atoms with van der Waals surface area (Å²) in [6.07, 6.45) is 4.69. The summed E-state index contributed by atoms with van der Waals surface area (Å²) < 4.78 is 14.8. The smallest absolute Gasteiger partial charge is 0.124 e. The van der Waals surface area contributed by atoms with Gasteiger partial charge in [0.25, 0.3) is 0 Å². The Morgan fingerprint density at radius 3 is 2.76 bits per heavy atom. The largest absolute Gasteiger partial charge is 0.276 e. The van der Waals surface area contributed by atoms with Gasteiger partial charge in [0.05, 0.1) is 6.20 Å². The minimum atomic E-state index is -0.306. The molecule has 0 fully saturated rings. The van der Waals surface area contributed by atoms with Gasteiger partial charge in [0.15, 0.2) is 0 Å². The highest BCUT2D eigenvalue weighted by molar-refractivity contribution is 6.31. The Morgan fingerprint density at radius 2 is 2.24 bits per heavy atom. The molecular weight excluding hydrogens is 239 g/mol. The molecule has 0 amide bonds. The van der Waals surface area contributed by atoms with Crippen LogP contribution < -0.4 is 0 Å². The molecule has 0 saturated heterocycles. The van der Waals surface area contributed by atoms with E-state index in [1.54, 1.807) is 10.7 Å². The zero-order chi connectivity index (χ0) is 12.4. The quantitative estimate of drug-likeness (QED) is 0.813. The van der Waals surface area contributed by atoms with E-state index in [1.807, 2.05) is 19.4 Å². The van der Waals surface area contributed by atoms with E-state index in [0.717, 1.165) is 17.5 Å². The second-order valence-corrected chi connectivity index (χ2v) is 4.48. The summed E-state index contributed by atoms with van der Waals surface area (Å²) in [7, 11) is 1.88. The third kappa shape index (κ3) is 2.50. The van der Waals surface area contributed by atoms with Crippen molar-refractivity contribution in [2.45, 2.75) is 19.3 Å². The van der Waals surface area contributed by atoms with Crippen LogP contribution in [0.5, 0.6) is 0 Å². The fourth-order valence-corrected chi connectivity index (χ4v) is 2.34. The summed E-state index contributed by atoms with van der Waals surface area (Å²) in [5, 5.41) is 4.63. The maximum absolute atomic E-state index is 13.0. The van der Waals surface area contributed by atoms with Gasteiger partial charge in [0.2, 0.25) is 0 Å². The molecule has 90 valence electrons. The molecular formula is C13H14ClFN2. The first-order chi connectivity index (χ1) is 8.11. The van der Waals surface area contributed by atoms with Crippen LogP contribution in [-0.2, 0) is 7.05 Å². The average Bonchev–Trinajstić information content (AvgIpc) is 2.69. The van der Waals surface area contributed by atoms with Crippen LogP contribution >= 0.6 is 11.6 Å². The van der Waals surface area contributed by atoms with Crippen LogP contribution in [0, 0.1) is 5.82 Å². The van der Waals surface area contributed by atoms with Gasteiger partial charge in [-0.1, -0.05) is 24.6 Å². The van der Waals surface area contributed by atoms with Gasteiger partial charge in [0.1, 0.15) is 5.82 Å². The van der Waals surface area contributed by atoms with Gasteiger partial charge in [-0.2, -0.15) is 5.10 Å². The van der Waals surface area contributed by atoms with Crippen molar-refractivity contribution in [3.05, 3.63) is 52.6 Å². The predicted molar refractivity (Wildman–Crippen MR) is 66.8 cm³/mol. The Balaban J connectivity index is 2.42. The van der Waals surface area contributed by atoms with Crippen molar-refractivity contribution in [2.24, 2.45) is 7.05 Å². The average molecular weight is 253 g/mol. The monoisotopic (exact) mass is 252 g/mol. The molecule has 0 saturated carbocycles. The molecule has 4 heteroatoms. The Labute approximate surface area is 105 Å². The van der Waals surface area contributed by atoms with Crippen molar-refractivity contribution < 1.29 is 4.39 Å². The lowest BCUT2D eigenvalue weighted by Crippen LogP contribution is -2.00. The molecule has 0 radical (unpaired) electrons. The predicted octanol–water partition coefficient (Wildman–Crippen LogP) is 3.75. The third-order valence-corrected chi connectivity index (χ3v) is 3.20. The standard InChI is InChI=1S/C13H14ClFN2/c1-3-11(9-7-16-17(2)8-9)12-5-4-10(15)6-13(12)14/h4-8,11H,3H2,1-2H3/t11-/m1/s1. The van der Waals surface area contributed by atoms with Gasteiger partial charge < -0.3 is 0 Å². The second kappa shape index (κ2) is 4.88. The Kier molecular flexibility index (Phi) is 3.48. The van der Waals surface area contributed by atoms with Crippen LogP contribution in [0.15, 0.2) is 30.6 Å². The van der Waals surface area contributed by atoms with Crippen molar-refractivity contribution in [3.63, 3.8) is 0 Å². The summed E-state index contributed by atoms with van der Waals surface area (Å²) in [5.74, 6) is -0.142. The van der Waals surface area contributed by atoms with Gasteiger partial charge in [0, 0.05) is 24.2 Å². The number of hydrogen-bond donors (Lipinski definition) is 0. The fourth-order valence-electron chi connectivity index (χ4n) is 2.04. The summed E-state index contributed by atoms with van der Waals surface area (Å²) >= 11 is 6.09. The first-order valence-electron chi connectivity index (χ1n) is 5.55. The van der Waals surface area contributed by atoms with Gasteiger partial charge in [-0.05, 0) is 29.7 Å². The minimum absolute atomic E-state index is 0.164. The fraction of sp³-hybridized carbons (Fsp3) is 0.308. The summed E-state index contributed by atoms with van der Waals surface area (Å²) in [5.41, 5.74) is 2.05. The summed E-state index contributed by atoms with van der Waals surface area (Å²) in [6, 6.07) is 4.55. The number of nitrogens with zero attached hydrogens (tertiary/aromatic N) is 2. The molecule has 0 aliphatic carbocycles. The van der Waals surface area contributed by atoms with E-state index in [9.17, 15) is 4.39 Å². The SMILES string of the molecule is CC[C@H](c1cnn(C)c1)c1ccc(F)cc1Cl. The van der Waals surface area contributed by atoms with Crippen LogP contribution in [-0.4, -0.2) is 9.78 Å². The number of hydrogen-bond acceptors (Lipinski definition) is 1. The molecule has 1 heterocycles. The number of rotatable bonds is 3. The van der Waals surface area contributed by atoms with Crippen molar-refractivity contribution in [3.8, 4) is 0 Å². The van der Waals surface area contributed by atoms with E-state index in [1.165, 1.54) is 12.1 Å². The van der Waals surface area contributed by atoms with Crippen molar-refractivity contribution in [1.29, 1.82) is 0 Å². The molecule has 0 N–H and O–H groups in total. The minimum Gasteiger partial charge on any atom is -0.276 e. The topological polar surface area (TPSA) is 17.8 Å². The highest BCUT2D eigenvalue weighted by Crippen LogP contribution is 2.32. The van der Waals surface area contributed by atoms with Crippen LogP contribution in [0.4, 0.5) is 4.39 Å². The molecule has 1 aromatic carbocycles. The van der Waals surface area contributed by atoms with Crippen LogP contribution in [0.2, 0.25) is 5.02 Å². The number of benzene rings is 1. The van der Waals surface area contributed by atoms with E-state index < -0.39 is 0 Å². The van der Waals surface area contributed by atoms with Crippen LogP contribution in [0.25, 0.3) is 0 Å². The van der Waals surface area contributed by atoms with E-state index >= 15 is 0 Å². The first-order valence-corrected chi connectivity index (χ1v) is 5.93. The maximum atomic E-state index is 13.0. The summed E-state index contributed by atoms with van der Waals surface area (Å²) in [6.45, 7) is 2.08. The first kappa shape index (κ1) is 12.1. The molecule has 2 aromatic rings. The zero-order valence-corrected chi connectivity index (χ0v) is 10.6. The number of aromatic nitrogens is 2. The Hall–Kier alpha value is -1.35. The van der Waals surface area contributed by atoms with E-state index in [-0.39, 0.29) is 11.7 Å². The lowest BCUT2D eigenvalue weighted by molar-refractivity contribution is 0.626. The lowest BCUT2D eigenvalue weighted by atomic mass is 9.91. The van der Waals surface area contributed by atoms with E-state index in [0.29, 0.717) is 5.02 Å². The molecule has 2 rings (SSSR count). The Morgan fingerprint density at radius 1 is 1.47 bits per heavy atom. The summed E-state index contributed by atoms with van der Waals surface area (Å²) in [4.78, 5) is 0. The van der Waals surface area contributed by atoms with E-state index in [4.69, 9.17) is 11.6 Å². The number of halogens is 2. The van der Waals surface area contributed by atoms with Gasteiger partial charge >= 0.3 is 0 Å². The van der Waals surface area contributed by atoms with Crippen molar-refractivity contribution in [1.82, 2.24) is 9.78 Å². The molecule has 0 bridgehead atoms. The normalized spacial score (nSPS) is 12.7.